The molecule has 1 fully saturated rings. The molecule has 0 saturated carbocycles. The standard InChI is InChI=1S/C9H9IO2/c10-7-3-1-6(2-4-7)9-8(5-11)12-9/h1-4,8-9,11H,5H2/t8-,9-/m0/s1. The summed E-state index contributed by atoms with van der Waals surface area (Å²) in [6.07, 6.45) is 0.164. The highest BCUT2D eigenvalue weighted by Crippen LogP contribution is 2.38. The number of hydrogen-bond donors (Lipinski definition) is 1. The number of hydrogen-bond acceptors (Lipinski definition) is 2. The number of rotatable bonds is 2. The van der Waals surface area contributed by atoms with Crippen LogP contribution in [-0.4, -0.2) is 17.8 Å². The first-order valence-corrected chi connectivity index (χ1v) is 4.91. The molecule has 64 valence electrons. The summed E-state index contributed by atoms with van der Waals surface area (Å²) in [7, 11) is 0. The molecule has 0 radical (unpaired) electrons. The first-order valence-electron chi connectivity index (χ1n) is 3.83. The molecular weight excluding hydrogens is 267 g/mol. The van der Waals surface area contributed by atoms with Crippen molar-refractivity contribution >= 4 is 22.6 Å². The molecule has 1 aromatic carbocycles. The quantitative estimate of drug-likeness (QED) is 0.659. The maximum atomic E-state index is 8.77. The number of epoxide rings is 1. The van der Waals surface area contributed by atoms with E-state index in [0.717, 1.165) is 5.56 Å². The van der Waals surface area contributed by atoms with Gasteiger partial charge in [-0.25, -0.2) is 0 Å². The third-order valence-corrected chi connectivity index (χ3v) is 2.68. The molecular formula is C9H9IO2. The van der Waals surface area contributed by atoms with Gasteiger partial charge >= 0.3 is 0 Å². The van der Waals surface area contributed by atoms with E-state index in [-0.39, 0.29) is 18.8 Å². The highest BCUT2D eigenvalue weighted by molar-refractivity contribution is 14.1. The lowest BCUT2D eigenvalue weighted by Crippen LogP contribution is -1.94. The Hall–Kier alpha value is -0.130. The molecule has 1 heterocycles. The number of benzene rings is 1. The van der Waals surface area contributed by atoms with Gasteiger partial charge in [-0.1, -0.05) is 12.1 Å². The van der Waals surface area contributed by atoms with Gasteiger partial charge in [0.05, 0.1) is 6.61 Å². The summed E-state index contributed by atoms with van der Waals surface area (Å²) in [4.78, 5) is 0. The molecule has 0 spiro atoms. The molecule has 0 aliphatic carbocycles. The predicted molar refractivity (Wildman–Crippen MR) is 53.9 cm³/mol. The predicted octanol–water partition coefficient (Wildman–Crippen LogP) is 1.72. The second kappa shape index (κ2) is 3.32. The van der Waals surface area contributed by atoms with E-state index in [2.05, 4.69) is 22.6 Å². The fourth-order valence-electron chi connectivity index (χ4n) is 1.23. The van der Waals surface area contributed by atoms with Crippen LogP contribution in [0.5, 0.6) is 0 Å². The van der Waals surface area contributed by atoms with Crippen molar-refractivity contribution < 1.29 is 9.84 Å². The Morgan fingerprint density at radius 2 is 2.00 bits per heavy atom. The number of aliphatic hydroxyl groups excluding tert-OH is 1. The molecule has 2 nitrogen and oxygen atoms in total. The van der Waals surface area contributed by atoms with Crippen LogP contribution in [0.1, 0.15) is 11.7 Å². The van der Waals surface area contributed by atoms with E-state index in [1.807, 2.05) is 24.3 Å². The lowest BCUT2D eigenvalue weighted by molar-refractivity contribution is 0.242. The Labute approximate surface area is 84.7 Å². The zero-order valence-electron chi connectivity index (χ0n) is 6.40. The second-order valence-electron chi connectivity index (χ2n) is 2.83. The van der Waals surface area contributed by atoms with E-state index < -0.39 is 0 Å². The van der Waals surface area contributed by atoms with Gasteiger partial charge in [-0.2, -0.15) is 0 Å². The highest BCUT2D eigenvalue weighted by atomic mass is 127. The van der Waals surface area contributed by atoms with E-state index in [1.165, 1.54) is 3.57 Å². The first kappa shape index (κ1) is 8.47. The Morgan fingerprint density at radius 1 is 1.33 bits per heavy atom. The van der Waals surface area contributed by atoms with Crippen molar-refractivity contribution in [1.82, 2.24) is 0 Å². The van der Waals surface area contributed by atoms with Crippen LogP contribution in [-0.2, 0) is 4.74 Å². The summed E-state index contributed by atoms with van der Waals surface area (Å²) in [6, 6.07) is 8.18. The number of halogens is 1. The normalized spacial score (nSPS) is 27.2. The van der Waals surface area contributed by atoms with Crippen LogP contribution in [0.25, 0.3) is 0 Å². The summed E-state index contributed by atoms with van der Waals surface area (Å²) in [6.45, 7) is 0.122. The van der Waals surface area contributed by atoms with Gasteiger partial charge in [0.2, 0.25) is 0 Å². The molecule has 1 aromatic rings. The van der Waals surface area contributed by atoms with Crippen molar-refractivity contribution in [2.45, 2.75) is 12.2 Å². The molecule has 0 bridgehead atoms. The number of aliphatic hydroxyl groups is 1. The summed E-state index contributed by atoms with van der Waals surface area (Å²) < 4.78 is 6.46. The molecule has 2 atom stereocenters. The van der Waals surface area contributed by atoms with Gasteiger partial charge in [-0.05, 0) is 40.3 Å². The zero-order valence-corrected chi connectivity index (χ0v) is 8.56. The van der Waals surface area contributed by atoms with Crippen LogP contribution >= 0.6 is 22.6 Å². The summed E-state index contributed by atoms with van der Waals surface area (Å²) in [5.74, 6) is 0. The average molecular weight is 276 g/mol. The Balaban J connectivity index is 2.10. The van der Waals surface area contributed by atoms with E-state index >= 15 is 0 Å². The Bertz CT molecular complexity index is 270. The Kier molecular flexibility index (Phi) is 2.34. The topological polar surface area (TPSA) is 32.8 Å². The molecule has 3 heteroatoms. The van der Waals surface area contributed by atoms with Gasteiger partial charge in [0.25, 0.3) is 0 Å². The molecule has 0 aromatic heterocycles. The van der Waals surface area contributed by atoms with Crippen LogP contribution in [0, 0.1) is 3.57 Å². The average Bonchev–Trinajstić information content (AvgIpc) is 2.85. The fraction of sp³-hybridized carbons (Fsp3) is 0.333. The maximum absolute atomic E-state index is 8.77. The summed E-state index contributed by atoms with van der Waals surface area (Å²) >= 11 is 2.26. The second-order valence-corrected chi connectivity index (χ2v) is 4.07. The fourth-order valence-corrected chi connectivity index (χ4v) is 1.59. The van der Waals surface area contributed by atoms with Crippen LogP contribution in [0.2, 0.25) is 0 Å². The van der Waals surface area contributed by atoms with Gasteiger partial charge < -0.3 is 9.84 Å². The molecule has 0 unspecified atom stereocenters. The van der Waals surface area contributed by atoms with Crippen LogP contribution in [0.3, 0.4) is 0 Å². The largest absolute Gasteiger partial charge is 0.394 e. The van der Waals surface area contributed by atoms with Crippen molar-refractivity contribution in [2.75, 3.05) is 6.61 Å². The highest BCUT2D eigenvalue weighted by Gasteiger charge is 2.39. The smallest absolute Gasteiger partial charge is 0.112 e. The first-order chi connectivity index (χ1) is 5.81. The summed E-state index contributed by atoms with van der Waals surface area (Å²) in [5.41, 5.74) is 1.16. The minimum absolute atomic E-state index is 0.0325. The third-order valence-electron chi connectivity index (χ3n) is 1.96. The lowest BCUT2D eigenvalue weighted by Gasteiger charge is -1.94. The molecule has 0 amide bonds. The SMILES string of the molecule is OC[C@@H]1O[C@H]1c1ccc(I)cc1. The van der Waals surface area contributed by atoms with E-state index in [4.69, 9.17) is 9.84 Å². The van der Waals surface area contributed by atoms with E-state index in [1.54, 1.807) is 0 Å². The monoisotopic (exact) mass is 276 g/mol. The zero-order chi connectivity index (χ0) is 8.55. The van der Waals surface area contributed by atoms with Crippen LogP contribution < -0.4 is 0 Å². The minimum Gasteiger partial charge on any atom is -0.394 e. The molecule has 1 aliphatic rings. The van der Waals surface area contributed by atoms with Crippen molar-refractivity contribution in [3.8, 4) is 0 Å². The van der Waals surface area contributed by atoms with Crippen molar-refractivity contribution in [1.29, 1.82) is 0 Å². The lowest BCUT2D eigenvalue weighted by atomic mass is 10.1. The maximum Gasteiger partial charge on any atom is 0.112 e. The van der Waals surface area contributed by atoms with Gasteiger partial charge in [-0.15, -0.1) is 0 Å². The van der Waals surface area contributed by atoms with Gasteiger partial charge in [0.1, 0.15) is 12.2 Å². The third kappa shape index (κ3) is 1.62. The van der Waals surface area contributed by atoms with Gasteiger partial charge in [0.15, 0.2) is 0 Å². The van der Waals surface area contributed by atoms with E-state index in [9.17, 15) is 0 Å². The van der Waals surface area contributed by atoms with Gasteiger partial charge in [-0.3, -0.25) is 0 Å². The van der Waals surface area contributed by atoms with Crippen molar-refractivity contribution in [2.24, 2.45) is 0 Å². The molecule has 1 saturated heterocycles. The molecule has 12 heavy (non-hydrogen) atoms. The molecule has 2 rings (SSSR count). The van der Waals surface area contributed by atoms with Crippen LogP contribution in [0.4, 0.5) is 0 Å². The van der Waals surface area contributed by atoms with Gasteiger partial charge in [0, 0.05) is 3.57 Å². The molecule has 1 N–H and O–H groups in total. The number of ether oxygens (including phenoxy) is 1. The van der Waals surface area contributed by atoms with Crippen LogP contribution in [0.15, 0.2) is 24.3 Å². The Morgan fingerprint density at radius 3 is 2.50 bits per heavy atom. The summed E-state index contributed by atoms with van der Waals surface area (Å²) in [5, 5.41) is 8.77. The minimum atomic E-state index is 0.0325. The van der Waals surface area contributed by atoms with Crippen molar-refractivity contribution in [3.63, 3.8) is 0 Å². The van der Waals surface area contributed by atoms with E-state index in [0.29, 0.717) is 0 Å². The molecule has 1 aliphatic heterocycles. The van der Waals surface area contributed by atoms with Crippen molar-refractivity contribution in [3.05, 3.63) is 33.4 Å².